The highest BCUT2D eigenvalue weighted by Crippen LogP contribution is 2.24. The summed E-state index contributed by atoms with van der Waals surface area (Å²) in [6, 6.07) is 2.93. The summed E-state index contributed by atoms with van der Waals surface area (Å²) in [6.45, 7) is 3.38. The van der Waals surface area contributed by atoms with Crippen molar-refractivity contribution < 1.29 is 0 Å². The van der Waals surface area contributed by atoms with E-state index >= 15 is 0 Å². The third-order valence-electron chi connectivity index (χ3n) is 3.32. The van der Waals surface area contributed by atoms with Gasteiger partial charge in [-0.05, 0) is 30.4 Å². The topological polar surface area (TPSA) is 17.0 Å². The van der Waals surface area contributed by atoms with Gasteiger partial charge in [0.25, 0.3) is 0 Å². The molecule has 0 saturated heterocycles. The second kappa shape index (κ2) is 4.18. The van der Waals surface area contributed by atoms with E-state index in [2.05, 4.69) is 42.3 Å². The molecule has 14 heavy (non-hydrogen) atoms. The third-order valence-corrected chi connectivity index (χ3v) is 3.32. The Morgan fingerprint density at radius 2 is 2.36 bits per heavy atom. The van der Waals surface area contributed by atoms with Crippen LogP contribution in [-0.2, 0) is 13.6 Å². The van der Waals surface area contributed by atoms with Gasteiger partial charge in [0.05, 0.1) is 0 Å². The normalized spacial score (nSPS) is 27.0. The quantitative estimate of drug-likeness (QED) is 0.777. The highest BCUT2D eigenvalue weighted by molar-refractivity contribution is 5.09. The number of rotatable bonds is 3. The molecule has 0 spiro atoms. The van der Waals surface area contributed by atoms with Crippen molar-refractivity contribution in [3.63, 3.8) is 0 Å². The maximum Gasteiger partial charge on any atom is 0.0223 e. The smallest absolute Gasteiger partial charge is 0.0223 e. The third kappa shape index (κ3) is 2.18. The Kier molecular flexibility index (Phi) is 2.92. The Balaban J connectivity index is 1.82. The molecule has 1 N–H and O–H groups in total. The van der Waals surface area contributed by atoms with Crippen molar-refractivity contribution in [2.45, 2.75) is 38.8 Å². The first-order chi connectivity index (χ1) is 6.75. The van der Waals surface area contributed by atoms with E-state index in [1.165, 1.54) is 24.8 Å². The van der Waals surface area contributed by atoms with Crippen LogP contribution in [0.2, 0.25) is 0 Å². The second-order valence-corrected chi connectivity index (χ2v) is 4.58. The van der Waals surface area contributed by atoms with Gasteiger partial charge >= 0.3 is 0 Å². The van der Waals surface area contributed by atoms with Crippen LogP contribution in [0.25, 0.3) is 0 Å². The highest BCUT2D eigenvalue weighted by atomic mass is 14.9. The van der Waals surface area contributed by atoms with Gasteiger partial charge in [-0.15, -0.1) is 0 Å². The molecule has 1 aliphatic rings. The largest absolute Gasteiger partial charge is 0.357 e. The summed E-state index contributed by atoms with van der Waals surface area (Å²) >= 11 is 0. The molecule has 1 aromatic rings. The van der Waals surface area contributed by atoms with Crippen molar-refractivity contribution >= 4 is 0 Å². The number of hydrogen-bond acceptors (Lipinski definition) is 1. The van der Waals surface area contributed by atoms with Crippen molar-refractivity contribution in [2.24, 2.45) is 13.0 Å². The monoisotopic (exact) mass is 192 g/mol. The van der Waals surface area contributed by atoms with Crippen LogP contribution < -0.4 is 5.32 Å². The molecule has 0 amide bonds. The predicted molar refractivity (Wildman–Crippen MR) is 59.1 cm³/mol. The van der Waals surface area contributed by atoms with E-state index in [1.807, 2.05) is 0 Å². The van der Waals surface area contributed by atoms with E-state index in [0.29, 0.717) is 0 Å². The van der Waals surface area contributed by atoms with Crippen LogP contribution in [-0.4, -0.2) is 10.6 Å². The lowest BCUT2D eigenvalue weighted by atomic mass is 10.1. The van der Waals surface area contributed by atoms with Gasteiger partial charge < -0.3 is 9.88 Å². The molecular weight excluding hydrogens is 172 g/mol. The minimum Gasteiger partial charge on any atom is -0.357 e. The van der Waals surface area contributed by atoms with Crippen LogP contribution in [0.3, 0.4) is 0 Å². The van der Waals surface area contributed by atoms with Gasteiger partial charge in [-0.1, -0.05) is 13.3 Å². The summed E-state index contributed by atoms with van der Waals surface area (Å²) in [5, 5.41) is 3.65. The van der Waals surface area contributed by atoms with Crippen LogP contribution in [0.5, 0.6) is 0 Å². The fourth-order valence-electron chi connectivity index (χ4n) is 2.36. The fraction of sp³-hybridized carbons (Fsp3) is 0.667. The van der Waals surface area contributed by atoms with E-state index in [1.54, 1.807) is 0 Å². The molecule has 0 aliphatic heterocycles. The van der Waals surface area contributed by atoms with Gasteiger partial charge in [-0.25, -0.2) is 0 Å². The molecule has 2 heteroatoms. The SMILES string of the molecule is CC1CCCC1NCc1ccn(C)c1. The lowest BCUT2D eigenvalue weighted by Crippen LogP contribution is -2.30. The average molecular weight is 192 g/mol. The van der Waals surface area contributed by atoms with Crippen molar-refractivity contribution in [1.29, 1.82) is 0 Å². The number of nitrogens with zero attached hydrogens (tertiary/aromatic N) is 1. The standard InChI is InChI=1S/C12H20N2/c1-10-4-3-5-12(10)13-8-11-6-7-14(2)9-11/h6-7,9-10,12-13H,3-5,8H2,1-2H3. The van der Waals surface area contributed by atoms with Crippen molar-refractivity contribution in [3.05, 3.63) is 24.0 Å². The number of aryl methyl sites for hydroxylation is 1. The Morgan fingerprint density at radius 3 is 2.93 bits per heavy atom. The number of hydrogen-bond donors (Lipinski definition) is 1. The molecular formula is C12H20N2. The van der Waals surface area contributed by atoms with E-state index in [-0.39, 0.29) is 0 Å². The molecule has 0 bridgehead atoms. The molecule has 2 atom stereocenters. The summed E-state index contributed by atoms with van der Waals surface area (Å²) in [5.74, 6) is 0.860. The molecule has 1 fully saturated rings. The summed E-state index contributed by atoms with van der Waals surface area (Å²) in [4.78, 5) is 0. The summed E-state index contributed by atoms with van der Waals surface area (Å²) in [5.41, 5.74) is 1.40. The molecule has 0 aromatic carbocycles. The molecule has 78 valence electrons. The molecule has 2 unspecified atom stereocenters. The Labute approximate surface area is 86.3 Å². The summed E-state index contributed by atoms with van der Waals surface area (Å²) in [7, 11) is 2.07. The molecule has 1 heterocycles. The zero-order valence-corrected chi connectivity index (χ0v) is 9.16. The number of aromatic nitrogens is 1. The van der Waals surface area contributed by atoms with Crippen molar-refractivity contribution in [3.8, 4) is 0 Å². The minimum atomic E-state index is 0.746. The van der Waals surface area contributed by atoms with Gasteiger partial charge in [0.15, 0.2) is 0 Å². The van der Waals surface area contributed by atoms with Crippen LogP contribution >= 0.6 is 0 Å². The maximum atomic E-state index is 3.65. The fourth-order valence-corrected chi connectivity index (χ4v) is 2.36. The van der Waals surface area contributed by atoms with Crippen LogP contribution in [0.1, 0.15) is 31.7 Å². The van der Waals surface area contributed by atoms with E-state index < -0.39 is 0 Å². The van der Waals surface area contributed by atoms with E-state index in [0.717, 1.165) is 18.5 Å². The number of nitrogens with one attached hydrogen (secondary N) is 1. The van der Waals surface area contributed by atoms with Gasteiger partial charge in [0, 0.05) is 32.0 Å². The van der Waals surface area contributed by atoms with Crippen LogP contribution in [0.4, 0.5) is 0 Å². The zero-order valence-electron chi connectivity index (χ0n) is 9.16. The first-order valence-corrected chi connectivity index (χ1v) is 5.60. The predicted octanol–water partition coefficient (Wildman–Crippen LogP) is 2.30. The lowest BCUT2D eigenvalue weighted by molar-refractivity contribution is 0.426. The molecule has 2 rings (SSSR count). The average Bonchev–Trinajstić information content (AvgIpc) is 2.72. The van der Waals surface area contributed by atoms with E-state index in [9.17, 15) is 0 Å². The lowest BCUT2D eigenvalue weighted by Gasteiger charge is -2.16. The Morgan fingerprint density at radius 1 is 1.50 bits per heavy atom. The Hall–Kier alpha value is -0.760. The zero-order chi connectivity index (χ0) is 9.97. The maximum absolute atomic E-state index is 3.65. The summed E-state index contributed by atoms with van der Waals surface area (Å²) < 4.78 is 2.11. The van der Waals surface area contributed by atoms with Gasteiger partial charge in [-0.3, -0.25) is 0 Å². The Bertz CT molecular complexity index is 290. The van der Waals surface area contributed by atoms with Crippen molar-refractivity contribution in [2.75, 3.05) is 0 Å². The van der Waals surface area contributed by atoms with Crippen LogP contribution in [0.15, 0.2) is 18.5 Å². The van der Waals surface area contributed by atoms with Crippen molar-refractivity contribution in [1.82, 2.24) is 9.88 Å². The van der Waals surface area contributed by atoms with Crippen LogP contribution in [0, 0.1) is 5.92 Å². The second-order valence-electron chi connectivity index (χ2n) is 4.58. The highest BCUT2D eigenvalue weighted by Gasteiger charge is 2.22. The molecule has 1 aliphatic carbocycles. The summed E-state index contributed by atoms with van der Waals surface area (Å²) in [6.07, 6.45) is 8.44. The molecule has 1 aromatic heterocycles. The van der Waals surface area contributed by atoms with E-state index in [4.69, 9.17) is 0 Å². The molecule has 2 nitrogen and oxygen atoms in total. The first-order valence-electron chi connectivity index (χ1n) is 5.60. The molecule has 0 radical (unpaired) electrons. The first kappa shape index (κ1) is 9.78. The molecule has 1 saturated carbocycles. The van der Waals surface area contributed by atoms with Gasteiger partial charge in [-0.2, -0.15) is 0 Å². The van der Waals surface area contributed by atoms with Gasteiger partial charge in [0.1, 0.15) is 0 Å². The minimum absolute atomic E-state index is 0.746. The van der Waals surface area contributed by atoms with Gasteiger partial charge in [0.2, 0.25) is 0 Å².